The van der Waals surface area contributed by atoms with Crippen LogP contribution >= 0.6 is 0 Å². The van der Waals surface area contributed by atoms with Gasteiger partial charge in [-0.15, -0.1) is 0 Å². The van der Waals surface area contributed by atoms with E-state index in [1.54, 1.807) is 13.3 Å². The molecule has 0 aliphatic heterocycles. The Hall–Kier alpha value is -3.02. The topological polar surface area (TPSA) is 66.0 Å². The molecule has 0 aliphatic carbocycles. The number of hydrazone groups is 1. The molecule has 2 amide bonds. The molecule has 0 aromatic heterocycles. The van der Waals surface area contributed by atoms with E-state index in [0.29, 0.717) is 5.75 Å². The lowest BCUT2D eigenvalue weighted by molar-refractivity contribution is 0.252. The molecule has 6 nitrogen and oxygen atoms in total. The molecule has 2 rings (SSSR count). The summed E-state index contributed by atoms with van der Waals surface area (Å²) in [6.07, 6.45) is 1.57. The molecule has 0 unspecified atom stereocenters. The van der Waals surface area contributed by atoms with Crippen LogP contribution in [0.1, 0.15) is 25.0 Å². The van der Waals surface area contributed by atoms with Crippen LogP contribution in [0.5, 0.6) is 5.75 Å². The summed E-state index contributed by atoms with van der Waals surface area (Å²) in [5, 5.41) is 6.77. The summed E-state index contributed by atoms with van der Waals surface area (Å²) in [7, 11) is 1.62. The Labute approximate surface area is 154 Å². The molecule has 6 heteroatoms. The molecule has 0 atom stereocenters. The van der Waals surface area contributed by atoms with Crippen molar-refractivity contribution in [2.24, 2.45) is 5.10 Å². The largest absolute Gasteiger partial charge is 0.496 e. The van der Waals surface area contributed by atoms with Gasteiger partial charge in [-0.1, -0.05) is 18.2 Å². The van der Waals surface area contributed by atoms with Gasteiger partial charge in [0.15, 0.2) is 0 Å². The number of para-hydroxylation sites is 1. The Bertz CT molecular complexity index is 770. The zero-order valence-electron chi connectivity index (χ0n) is 15.7. The summed E-state index contributed by atoms with van der Waals surface area (Å²) in [6.45, 7) is 8.01. The summed E-state index contributed by atoms with van der Waals surface area (Å²) < 4.78 is 5.45. The van der Waals surface area contributed by atoms with Gasteiger partial charge < -0.3 is 15.0 Å². The molecule has 0 heterocycles. The second-order valence-corrected chi connectivity index (χ2v) is 5.74. The Kier molecular flexibility index (Phi) is 7.02. The fourth-order valence-corrected chi connectivity index (χ4v) is 2.62. The fourth-order valence-electron chi connectivity index (χ4n) is 2.62. The van der Waals surface area contributed by atoms with Crippen molar-refractivity contribution < 1.29 is 9.53 Å². The van der Waals surface area contributed by atoms with Crippen molar-refractivity contribution in [2.45, 2.75) is 20.8 Å². The first kappa shape index (κ1) is 19.3. The van der Waals surface area contributed by atoms with Crippen molar-refractivity contribution >= 4 is 23.6 Å². The number of carbonyl (C=O) groups excluding carboxylic acids is 1. The third-order valence-corrected chi connectivity index (χ3v) is 4.11. The minimum Gasteiger partial charge on any atom is -0.496 e. The zero-order chi connectivity index (χ0) is 18.9. The van der Waals surface area contributed by atoms with E-state index < -0.39 is 6.03 Å². The molecule has 26 heavy (non-hydrogen) atoms. The normalized spacial score (nSPS) is 10.6. The quantitative estimate of drug-likeness (QED) is 0.583. The second kappa shape index (κ2) is 9.46. The molecular weight excluding hydrogens is 328 g/mol. The van der Waals surface area contributed by atoms with Crippen molar-refractivity contribution in [1.82, 2.24) is 5.43 Å². The molecule has 2 aromatic rings. The number of urea groups is 1. The van der Waals surface area contributed by atoms with Crippen LogP contribution in [0, 0.1) is 6.92 Å². The average molecular weight is 354 g/mol. The highest BCUT2D eigenvalue weighted by atomic mass is 16.5. The van der Waals surface area contributed by atoms with Gasteiger partial charge in [-0.3, -0.25) is 0 Å². The number of ether oxygens (including phenoxy) is 1. The molecule has 0 bridgehead atoms. The van der Waals surface area contributed by atoms with Gasteiger partial charge in [0.25, 0.3) is 0 Å². The Morgan fingerprint density at radius 1 is 1.19 bits per heavy atom. The average Bonchev–Trinajstić information content (AvgIpc) is 2.65. The zero-order valence-corrected chi connectivity index (χ0v) is 15.7. The number of hydrogen-bond acceptors (Lipinski definition) is 4. The molecular formula is C20H26N4O2. The molecule has 0 saturated heterocycles. The lowest BCUT2D eigenvalue weighted by Gasteiger charge is -2.21. The lowest BCUT2D eigenvalue weighted by atomic mass is 10.2. The van der Waals surface area contributed by atoms with Crippen LogP contribution in [0.3, 0.4) is 0 Å². The fraction of sp³-hybridized carbons (Fsp3) is 0.300. The van der Waals surface area contributed by atoms with Crippen LogP contribution < -0.4 is 20.4 Å². The maximum atomic E-state index is 12.0. The summed E-state index contributed by atoms with van der Waals surface area (Å²) in [6, 6.07) is 13.1. The highest BCUT2D eigenvalue weighted by Gasteiger charge is 2.07. The van der Waals surface area contributed by atoms with Crippen LogP contribution in [0.25, 0.3) is 0 Å². The van der Waals surface area contributed by atoms with Crippen molar-refractivity contribution in [3.8, 4) is 5.75 Å². The maximum absolute atomic E-state index is 12.0. The predicted molar refractivity (Wildman–Crippen MR) is 107 cm³/mol. The van der Waals surface area contributed by atoms with Crippen LogP contribution in [0.15, 0.2) is 47.6 Å². The van der Waals surface area contributed by atoms with E-state index in [1.807, 2.05) is 49.4 Å². The number of rotatable bonds is 7. The summed E-state index contributed by atoms with van der Waals surface area (Å²) in [5.41, 5.74) is 6.09. The van der Waals surface area contributed by atoms with Gasteiger partial charge in [-0.05, 0) is 44.5 Å². The number of hydrogen-bond donors (Lipinski definition) is 2. The Morgan fingerprint density at radius 2 is 1.92 bits per heavy atom. The number of carbonyl (C=O) groups is 1. The van der Waals surface area contributed by atoms with E-state index in [2.05, 4.69) is 34.6 Å². The standard InChI is InChI=1S/C20H26N4O2/c1-5-24(6-2)17-12-11-16(19(13-17)26-4)14-21-23-20(25)22-18-10-8-7-9-15(18)3/h7-14H,5-6H2,1-4H3,(H2,22,23,25). The summed E-state index contributed by atoms with van der Waals surface area (Å²) in [4.78, 5) is 14.2. The maximum Gasteiger partial charge on any atom is 0.339 e. The Morgan fingerprint density at radius 3 is 2.58 bits per heavy atom. The third-order valence-electron chi connectivity index (χ3n) is 4.11. The predicted octanol–water partition coefficient (Wildman–Crippen LogP) is 4.01. The van der Waals surface area contributed by atoms with E-state index in [4.69, 9.17) is 4.74 Å². The van der Waals surface area contributed by atoms with Crippen molar-refractivity contribution in [2.75, 3.05) is 30.4 Å². The smallest absolute Gasteiger partial charge is 0.339 e. The molecule has 0 aliphatic rings. The first-order valence-corrected chi connectivity index (χ1v) is 8.67. The highest BCUT2D eigenvalue weighted by molar-refractivity contribution is 5.91. The van der Waals surface area contributed by atoms with Crippen LogP contribution in [-0.2, 0) is 0 Å². The van der Waals surface area contributed by atoms with Crippen molar-refractivity contribution in [3.63, 3.8) is 0 Å². The molecule has 2 N–H and O–H groups in total. The Balaban J connectivity index is 2.03. The number of amides is 2. The third kappa shape index (κ3) is 4.99. The summed E-state index contributed by atoms with van der Waals surface area (Å²) >= 11 is 0. The van der Waals surface area contributed by atoms with E-state index >= 15 is 0 Å². The first-order valence-electron chi connectivity index (χ1n) is 8.67. The molecule has 0 spiro atoms. The van der Waals surface area contributed by atoms with E-state index in [0.717, 1.165) is 35.6 Å². The highest BCUT2D eigenvalue weighted by Crippen LogP contribution is 2.24. The minimum atomic E-state index is -0.394. The van der Waals surface area contributed by atoms with Gasteiger partial charge in [0.2, 0.25) is 0 Å². The number of anilines is 2. The first-order chi connectivity index (χ1) is 12.6. The summed E-state index contributed by atoms with van der Waals surface area (Å²) in [5.74, 6) is 0.708. The van der Waals surface area contributed by atoms with Crippen LogP contribution in [-0.4, -0.2) is 32.4 Å². The van der Waals surface area contributed by atoms with E-state index in [9.17, 15) is 4.79 Å². The van der Waals surface area contributed by atoms with Gasteiger partial charge >= 0.3 is 6.03 Å². The number of methoxy groups -OCH3 is 1. The van der Waals surface area contributed by atoms with E-state index in [-0.39, 0.29) is 0 Å². The van der Waals surface area contributed by atoms with E-state index in [1.165, 1.54) is 0 Å². The van der Waals surface area contributed by atoms with Gasteiger partial charge in [-0.25, -0.2) is 10.2 Å². The molecule has 0 saturated carbocycles. The minimum absolute atomic E-state index is 0.394. The van der Waals surface area contributed by atoms with Crippen molar-refractivity contribution in [1.29, 1.82) is 0 Å². The molecule has 0 fully saturated rings. The van der Waals surface area contributed by atoms with Crippen molar-refractivity contribution in [3.05, 3.63) is 53.6 Å². The van der Waals surface area contributed by atoms with Crippen LogP contribution in [0.4, 0.5) is 16.2 Å². The van der Waals surface area contributed by atoms with Crippen LogP contribution in [0.2, 0.25) is 0 Å². The molecule has 2 aromatic carbocycles. The number of nitrogens with one attached hydrogen (secondary N) is 2. The molecule has 0 radical (unpaired) electrons. The second-order valence-electron chi connectivity index (χ2n) is 5.74. The van der Waals surface area contributed by atoms with Gasteiger partial charge in [0.05, 0.1) is 13.3 Å². The molecule has 138 valence electrons. The van der Waals surface area contributed by atoms with Gasteiger partial charge in [-0.2, -0.15) is 5.10 Å². The number of benzene rings is 2. The SMILES string of the molecule is CCN(CC)c1ccc(C=NNC(=O)Nc2ccccc2C)c(OC)c1. The lowest BCUT2D eigenvalue weighted by Crippen LogP contribution is -2.24. The van der Waals surface area contributed by atoms with Gasteiger partial charge in [0.1, 0.15) is 5.75 Å². The number of nitrogens with zero attached hydrogens (tertiary/aromatic N) is 2. The number of aryl methyl sites for hydroxylation is 1. The monoisotopic (exact) mass is 354 g/mol. The van der Waals surface area contributed by atoms with Gasteiger partial charge in [0, 0.05) is 36.1 Å².